The van der Waals surface area contributed by atoms with E-state index in [-0.39, 0.29) is 83.5 Å². The van der Waals surface area contributed by atoms with Crippen LogP contribution in [0.1, 0.15) is 95.8 Å². The van der Waals surface area contributed by atoms with Crippen molar-refractivity contribution in [1.29, 1.82) is 0 Å². The summed E-state index contributed by atoms with van der Waals surface area (Å²) >= 11 is 0. The molecule has 0 aromatic heterocycles. The molecule has 2 amide bonds. The van der Waals surface area contributed by atoms with Crippen LogP contribution in [0.2, 0.25) is 0 Å². The molecule has 0 atom stereocenters. The van der Waals surface area contributed by atoms with Gasteiger partial charge in [0.15, 0.2) is 0 Å². The van der Waals surface area contributed by atoms with Crippen LogP contribution in [0.3, 0.4) is 0 Å². The van der Waals surface area contributed by atoms with Crippen molar-refractivity contribution in [2.75, 3.05) is 6.61 Å². The van der Waals surface area contributed by atoms with Gasteiger partial charge < -0.3 is 42.6 Å². The minimum absolute atomic E-state index is 0. The van der Waals surface area contributed by atoms with Gasteiger partial charge in [0.25, 0.3) is 0 Å². The molecule has 3 radical (unpaired) electrons. The Labute approximate surface area is 254 Å². The number of ketones is 1. The Balaban J connectivity index is -0.000000140. The predicted octanol–water partition coefficient (Wildman–Crippen LogP) is -0.884. The summed E-state index contributed by atoms with van der Waals surface area (Å²) in [7, 11) is 0. The van der Waals surface area contributed by atoms with Crippen molar-refractivity contribution in [2.24, 2.45) is 5.73 Å². The maximum absolute atomic E-state index is 11.2. The molecular formula is C25H52BN3NaO8. The van der Waals surface area contributed by atoms with Gasteiger partial charge in [-0.15, -0.1) is 0 Å². The number of hydrogen-bond donors (Lipinski definition) is 6. The van der Waals surface area contributed by atoms with E-state index in [2.05, 4.69) is 10.6 Å². The number of amides is 2. The molecule has 38 heavy (non-hydrogen) atoms. The van der Waals surface area contributed by atoms with Crippen molar-refractivity contribution in [3.05, 3.63) is 0 Å². The van der Waals surface area contributed by atoms with Crippen molar-refractivity contribution in [2.45, 2.75) is 136 Å². The number of hydrogen-bond acceptors (Lipinski definition) is 9. The molecule has 13 heteroatoms. The number of aliphatic hydroxyl groups excluding tert-OH is 3. The van der Waals surface area contributed by atoms with E-state index >= 15 is 0 Å². The number of aliphatic hydroxyl groups is 3. The fraction of sp³-hybridized carbons (Fsp3) is 0.880. The number of rotatable bonds is 2. The first kappa shape index (κ1) is 44.1. The van der Waals surface area contributed by atoms with Crippen LogP contribution in [0, 0.1) is 0 Å². The monoisotopic (exact) mass is 556 g/mol. The minimum atomic E-state index is -0.474. The molecule has 3 aliphatic carbocycles. The fourth-order valence-electron chi connectivity index (χ4n) is 2.88. The standard InChI is InChI=1S/C9H17NO3.C9H15NO3.C4H9NO.C2H6O.CH4.B.Na.H/c2*1-9(2,3)13-8(12)10-6-4-7(11)5-6;5-3-1-4(6)2-3;1-2-3;;;;/h6-7,11H,4-5H2,1-3H3,(H,10,12);6H,4-5H2,1-3H3,(H,10,12);3-4,6H,1-2,5H2;3H,2H2,1H3;1H4;;;/q;;;;;;+1;-1. The number of nitrogens with two attached hydrogens (primary N) is 1. The zero-order chi connectivity index (χ0) is 27.4. The quantitative estimate of drug-likeness (QED) is 0.235. The fourth-order valence-corrected chi connectivity index (χ4v) is 2.88. The third-order valence-electron chi connectivity index (χ3n) is 4.65. The second-order valence-corrected chi connectivity index (χ2v) is 11.0. The van der Waals surface area contributed by atoms with Crippen molar-refractivity contribution in [3.8, 4) is 0 Å². The summed E-state index contributed by atoms with van der Waals surface area (Å²) in [6.45, 7) is 12.8. The summed E-state index contributed by atoms with van der Waals surface area (Å²) in [5.74, 6) is 0.195. The summed E-state index contributed by atoms with van der Waals surface area (Å²) in [6, 6.07) is 0.368. The Bertz CT molecular complexity index is 655. The first-order chi connectivity index (χ1) is 15.9. The second kappa shape index (κ2) is 20.9. The summed E-state index contributed by atoms with van der Waals surface area (Å²) in [6.07, 6.45) is 2.60. The van der Waals surface area contributed by atoms with E-state index in [1.165, 1.54) is 0 Å². The average molecular weight is 557 g/mol. The van der Waals surface area contributed by atoms with Crippen molar-refractivity contribution >= 4 is 26.4 Å². The molecule has 0 aromatic rings. The van der Waals surface area contributed by atoms with Gasteiger partial charge in [-0.25, -0.2) is 9.59 Å². The van der Waals surface area contributed by atoms with Crippen LogP contribution in [0.5, 0.6) is 0 Å². The maximum atomic E-state index is 11.2. The van der Waals surface area contributed by atoms with Crippen molar-refractivity contribution < 1.29 is 70.2 Å². The molecule has 0 aliphatic heterocycles. The summed E-state index contributed by atoms with van der Waals surface area (Å²) in [4.78, 5) is 32.9. The third-order valence-corrected chi connectivity index (χ3v) is 4.65. The van der Waals surface area contributed by atoms with Gasteiger partial charge in [0.1, 0.15) is 17.0 Å². The molecule has 3 fully saturated rings. The smallest absolute Gasteiger partial charge is 1.00 e. The Morgan fingerprint density at radius 1 is 0.895 bits per heavy atom. The van der Waals surface area contributed by atoms with Gasteiger partial charge in [0.2, 0.25) is 0 Å². The molecular weight excluding hydrogens is 504 g/mol. The van der Waals surface area contributed by atoms with E-state index in [0.29, 0.717) is 31.7 Å². The second-order valence-electron chi connectivity index (χ2n) is 11.0. The van der Waals surface area contributed by atoms with Gasteiger partial charge in [0.05, 0.1) is 12.2 Å². The number of nitrogens with one attached hydrogen (secondary N) is 2. The number of ether oxygens (including phenoxy) is 2. The molecule has 11 nitrogen and oxygen atoms in total. The SMILES string of the molecule is C.CC(C)(C)OC(=O)NC1CC(=O)C1.CC(C)(C)OC(=O)NC1CC(O)C1.CCO.NC1CC(O)C1.[B].[H-].[Na+]. The minimum Gasteiger partial charge on any atom is -1.00 e. The average Bonchev–Trinajstić information content (AvgIpc) is 2.57. The van der Waals surface area contributed by atoms with Crippen LogP contribution in [0.15, 0.2) is 0 Å². The Morgan fingerprint density at radius 2 is 1.21 bits per heavy atom. The number of carbonyl (C=O) groups excluding carboxylic acids is 3. The van der Waals surface area contributed by atoms with Crippen LogP contribution >= 0.6 is 0 Å². The largest absolute Gasteiger partial charge is 1.00 e. The van der Waals surface area contributed by atoms with Crippen LogP contribution in [-0.4, -0.2) is 89.8 Å². The van der Waals surface area contributed by atoms with Gasteiger partial charge in [-0.3, -0.25) is 4.79 Å². The molecule has 3 saturated carbocycles. The van der Waals surface area contributed by atoms with Gasteiger partial charge in [-0.05, 0) is 74.1 Å². The van der Waals surface area contributed by atoms with E-state index in [9.17, 15) is 14.4 Å². The molecule has 0 aromatic carbocycles. The maximum Gasteiger partial charge on any atom is 1.00 e. The predicted molar refractivity (Wildman–Crippen MR) is 145 cm³/mol. The zero-order valence-electron chi connectivity index (χ0n) is 24.9. The number of Topliss-reactive ketones (excluding diaryl/α,β-unsaturated/α-hetero) is 1. The molecule has 0 unspecified atom stereocenters. The summed E-state index contributed by atoms with van der Waals surface area (Å²) < 4.78 is 10.1. The van der Waals surface area contributed by atoms with Crippen LogP contribution in [0.4, 0.5) is 9.59 Å². The zero-order valence-corrected chi connectivity index (χ0v) is 25.9. The van der Waals surface area contributed by atoms with E-state index < -0.39 is 23.4 Å². The van der Waals surface area contributed by atoms with Crippen molar-refractivity contribution in [1.82, 2.24) is 10.6 Å². The molecule has 7 N–H and O–H groups in total. The van der Waals surface area contributed by atoms with E-state index in [1.807, 2.05) is 20.8 Å². The van der Waals surface area contributed by atoms with Gasteiger partial charge in [-0.2, -0.15) is 0 Å². The topological polar surface area (TPSA) is 180 Å². The van der Waals surface area contributed by atoms with Gasteiger partial charge in [0, 0.05) is 46.0 Å². The molecule has 0 bridgehead atoms. The third kappa shape index (κ3) is 24.2. The Hall–Kier alpha value is -0.885. The van der Waals surface area contributed by atoms with Gasteiger partial charge >= 0.3 is 41.7 Å². The first-order valence-corrected chi connectivity index (χ1v) is 12.2. The normalized spacial score (nSPS) is 23.2. The van der Waals surface area contributed by atoms with E-state index in [1.54, 1.807) is 27.7 Å². The number of alkyl carbamates (subject to hydrolysis) is 2. The van der Waals surface area contributed by atoms with Crippen LogP contribution in [-0.2, 0) is 14.3 Å². The summed E-state index contributed by atoms with van der Waals surface area (Å²) in [5, 5.41) is 30.4. The van der Waals surface area contributed by atoms with E-state index in [4.69, 9.17) is 30.5 Å². The first-order valence-electron chi connectivity index (χ1n) is 12.2. The molecule has 219 valence electrons. The molecule has 3 aliphatic rings. The molecule has 0 spiro atoms. The molecule has 0 saturated heterocycles. The van der Waals surface area contributed by atoms with E-state index in [0.717, 1.165) is 12.8 Å². The summed E-state index contributed by atoms with van der Waals surface area (Å²) in [5.41, 5.74) is 4.38. The van der Waals surface area contributed by atoms with Crippen LogP contribution < -0.4 is 45.9 Å². The van der Waals surface area contributed by atoms with Gasteiger partial charge in [-0.1, -0.05) is 7.43 Å². The molecule has 3 rings (SSSR count). The Kier molecular flexibility index (Phi) is 24.3. The van der Waals surface area contributed by atoms with Crippen LogP contribution in [0.25, 0.3) is 0 Å². The molecule has 0 heterocycles. The van der Waals surface area contributed by atoms with Crippen molar-refractivity contribution in [3.63, 3.8) is 0 Å². The Morgan fingerprint density at radius 3 is 1.42 bits per heavy atom. The number of carbonyl (C=O) groups is 3.